The van der Waals surface area contributed by atoms with Gasteiger partial charge in [-0.3, -0.25) is 9.69 Å². The van der Waals surface area contributed by atoms with Crippen molar-refractivity contribution in [1.82, 2.24) is 20.3 Å². The summed E-state index contributed by atoms with van der Waals surface area (Å²) in [5.41, 5.74) is 0. The van der Waals surface area contributed by atoms with Crippen LogP contribution in [0.4, 0.5) is 5.82 Å². The number of carbonyl (C=O) groups excluding carboxylic acids is 1. The number of aromatic nitrogens is 3. The highest BCUT2D eigenvalue weighted by molar-refractivity contribution is 5.91. The molecule has 136 valence electrons. The average Bonchev–Trinajstić information content (AvgIpc) is 3.36. The van der Waals surface area contributed by atoms with Crippen LogP contribution in [0.1, 0.15) is 30.4 Å². The molecule has 9 heteroatoms. The Morgan fingerprint density at radius 2 is 2.19 bits per heavy atom. The molecule has 0 radical (unpaired) electrons. The molecular formula is C17H19N5O4. The highest BCUT2D eigenvalue weighted by Gasteiger charge is 2.26. The smallest absolute Gasteiger partial charge is 0.283 e. The Morgan fingerprint density at radius 1 is 1.35 bits per heavy atom. The molecule has 0 unspecified atom stereocenters. The van der Waals surface area contributed by atoms with E-state index in [9.17, 15) is 4.79 Å². The Bertz CT molecular complexity index is 861. The van der Waals surface area contributed by atoms with E-state index in [1.807, 2.05) is 0 Å². The molecule has 1 N–H and O–H groups in total. The van der Waals surface area contributed by atoms with Crippen molar-refractivity contribution >= 4 is 11.7 Å². The summed E-state index contributed by atoms with van der Waals surface area (Å²) in [6.45, 7) is 3.67. The number of aryl methyl sites for hydroxylation is 1. The lowest BCUT2D eigenvalue weighted by atomic mass is 9.97. The van der Waals surface area contributed by atoms with Crippen LogP contribution in [0, 0.1) is 6.92 Å². The zero-order valence-corrected chi connectivity index (χ0v) is 14.3. The number of hydrogen-bond acceptors (Lipinski definition) is 8. The molecule has 3 aromatic heterocycles. The van der Waals surface area contributed by atoms with E-state index in [-0.39, 0.29) is 11.8 Å². The average molecular weight is 357 g/mol. The van der Waals surface area contributed by atoms with Crippen LogP contribution in [0.2, 0.25) is 0 Å². The molecule has 1 amide bonds. The van der Waals surface area contributed by atoms with Crippen LogP contribution in [0.3, 0.4) is 0 Å². The van der Waals surface area contributed by atoms with E-state index in [1.165, 1.54) is 0 Å². The Morgan fingerprint density at radius 3 is 2.88 bits per heavy atom. The minimum absolute atomic E-state index is 0.102. The molecule has 1 saturated heterocycles. The Balaban J connectivity index is 1.28. The van der Waals surface area contributed by atoms with Gasteiger partial charge in [0, 0.05) is 12.0 Å². The van der Waals surface area contributed by atoms with Crippen molar-refractivity contribution < 1.29 is 18.2 Å². The fourth-order valence-electron chi connectivity index (χ4n) is 3.05. The first-order valence-electron chi connectivity index (χ1n) is 8.50. The van der Waals surface area contributed by atoms with E-state index in [1.54, 1.807) is 31.4 Å². The van der Waals surface area contributed by atoms with Crippen molar-refractivity contribution in [3.8, 4) is 11.7 Å². The Labute approximate surface area is 149 Å². The van der Waals surface area contributed by atoms with Crippen molar-refractivity contribution in [2.24, 2.45) is 0 Å². The molecule has 0 bridgehead atoms. The van der Waals surface area contributed by atoms with Crippen LogP contribution in [-0.2, 0) is 4.79 Å². The number of carbonyl (C=O) groups is 1. The van der Waals surface area contributed by atoms with Crippen molar-refractivity contribution in [3.63, 3.8) is 0 Å². The maximum Gasteiger partial charge on any atom is 0.283 e. The third-order valence-electron chi connectivity index (χ3n) is 4.37. The van der Waals surface area contributed by atoms with Gasteiger partial charge in [0.1, 0.15) is 5.76 Å². The molecule has 0 aromatic carbocycles. The van der Waals surface area contributed by atoms with Gasteiger partial charge in [0.2, 0.25) is 11.8 Å². The standard InChI is InChI=1S/C17H19N5O4/c1-11-9-14(21-26-11)18-15(23)10-22-6-4-12(5-7-22)16-19-20-17(25-16)13-3-2-8-24-13/h2-3,8-9,12H,4-7,10H2,1H3,(H,18,21,23). The van der Waals surface area contributed by atoms with Gasteiger partial charge in [-0.05, 0) is 45.0 Å². The number of rotatable bonds is 5. The normalized spacial score (nSPS) is 16.0. The fraction of sp³-hybridized carbons (Fsp3) is 0.412. The second-order valence-electron chi connectivity index (χ2n) is 6.34. The molecule has 1 fully saturated rings. The van der Waals surface area contributed by atoms with Gasteiger partial charge in [0.05, 0.1) is 12.8 Å². The molecule has 0 saturated carbocycles. The van der Waals surface area contributed by atoms with Crippen LogP contribution < -0.4 is 5.32 Å². The molecule has 4 heterocycles. The monoisotopic (exact) mass is 357 g/mol. The maximum absolute atomic E-state index is 12.1. The van der Waals surface area contributed by atoms with E-state index in [2.05, 4.69) is 25.6 Å². The van der Waals surface area contributed by atoms with E-state index in [0.717, 1.165) is 25.9 Å². The molecule has 1 aliphatic rings. The topological polar surface area (TPSA) is 110 Å². The lowest BCUT2D eigenvalue weighted by Crippen LogP contribution is -2.38. The van der Waals surface area contributed by atoms with Gasteiger partial charge in [-0.2, -0.15) is 0 Å². The lowest BCUT2D eigenvalue weighted by molar-refractivity contribution is -0.117. The zero-order valence-electron chi connectivity index (χ0n) is 14.3. The third kappa shape index (κ3) is 3.67. The number of nitrogens with one attached hydrogen (secondary N) is 1. The summed E-state index contributed by atoms with van der Waals surface area (Å²) < 4.78 is 15.9. The number of likely N-dealkylation sites (tertiary alicyclic amines) is 1. The van der Waals surface area contributed by atoms with Crippen molar-refractivity contribution in [2.75, 3.05) is 25.0 Å². The summed E-state index contributed by atoms with van der Waals surface area (Å²) in [6.07, 6.45) is 3.29. The minimum Gasteiger partial charge on any atom is -0.459 e. The predicted octanol–water partition coefficient (Wildman–Crippen LogP) is 2.44. The first-order chi connectivity index (χ1) is 12.7. The quantitative estimate of drug-likeness (QED) is 0.741. The predicted molar refractivity (Wildman–Crippen MR) is 90.3 cm³/mol. The van der Waals surface area contributed by atoms with Crippen LogP contribution >= 0.6 is 0 Å². The molecule has 3 aromatic rings. The van der Waals surface area contributed by atoms with Crippen LogP contribution in [0.5, 0.6) is 0 Å². The maximum atomic E-state index is 12.1. The van der Waals surface area contributed by atoms with Crippen LogP contribution in [0.15, 0.2) is 37.8 Å². The van der Waals surface area contributed by atoms with E-state index in [0.29, 0.717) is 35.7 Å². The van der Waals surface area contributed by atoms with Crippen molar-refractivity contribution in [3.05, 3.63) is 36.1 Å². The first-order valence-corrected chi connectivity index (χ1v) is 8.50. The molecule has 9 nitrogen and oxygen atoms in total. The van der Waals surface area contributed by atoms with Gasteiger partial charge in [-0.15, -0.1) is 10.2 Å². The van der Waals surface area contributed by atoms with Gasteiger partial charge in [0.15, 0.2) is 11.6 Å². The highest BCUT2D eigenvalue weighted by atomic mass is 16.5. The summed E-state index contributed by atoms with van der Waals surface area (Å²) in [5.74, 6) is 2.79. The molecule has 1 aliphatic heterocycles. The van der Waals surface area contributed by atoms with Gasteiger partial charge >= 0.3 is 0 Å². The van der Waals surface area contributed by atoms with Crippen molar-refractivity contribution in [2.45, 2.75) is 25.7 Å². The molecule has 26 heavy (non-hydrogen) atoms. The van der Waals surface area contributed by atoms with Gasteiger partial charge < -0.3 is 18.7 Å². The van der Waals surface area contributed by atoms with Crippen LogP contribution in [0.25, 0.3) is 11.7 Å². The number of piperidine rings is 1. The van der Waals surface area contributed by atoms with Gasteiger partial charge in [0.25, 0.3) is 5.89 Å². The number of hydrogen-bond donors (Lipinski definition) is 1. The lowest BCUT2D eigenvalue weighted by Gasteiger charge is -2.29. The molecule has 4 rings (SSSR count). The first kappa shape index (κ1) is 16.5. The third-order valence-corrected chi connectivity index (χ3v) is 4.37. The number of amides is 1. The fourth-order valence-corrected chi connectivity index (χ4v) is 3.05. The summed E-state index contributed by atoms with van der Waals surface area (Å²) in [6, 6.07) is 5.26. The van der Waals surface area contributed by atoms with E-state index in [4.69, 9.17) is 13.4 Å². The second kappa shape index (κ2) is 7.12. The van der Waals surface area contributed by atoms with Crippen LogP contribution in [-0.4, -0.2) is 45.8 Å². The molecule has 0 spiro atoms. The number of anilines is 1. The number of nitrogens with zero attached hydrogens (tertiary/aromatic N) is 4. The highest BCUT2D eigenvalue weighted by Crippen LogP contribution is 2.29. The summed E-state index contributed by atoms with van der Waals surface area (Å²) in [4.78, 5) is 14.2. The summed E-state index contributed by atoms with van der Waals surface area (Å²) >= 11 is 0. The number of furan rings is 1. The molecule has 0 atom stereocenters. The molecular weight excluding hydrogens is 338 g/mol. The second-order valence-corrected chi connectivity index (χ2v) is 6.34. The molecule has 0 aliphatic carbocycles. The Hall–Kier alpha value is -2.94. The SMILES string of the molecule is Cc1cc(NC(=O)CN2CCC(c3nnc(-c4ccco4)o3)CC2)no1. The zero-order chi connectivity index (χ0) is 17.9. The Kier molecular flexibility index (Phi) is 4.53. The van der Waals surface area contributed by atoms with Gasteiger partial charge in [-0.1, -0.05) is 5.16 Å². The largest absolute Gasteiger partial charge is 0.459 e. The summed E-state index contributed by atoms with van der Waals surface area (Å²) in [7, 11) is 0. The van der Waals surface area contributed by atoms with E-state index >= 15 is 0 Å². The van der Waals surface area contributed by atoms with Gasteiger partial charge in [-0.25, -0.2) is 0 Å². The summed E-state index contributed by atoms with van der Waals surface area (Å²) in [5, 5.41) is 14.7. The minimum atomic E-state index is -0.102. The van der Waals surface area contributed by atoms with Crippen molar-refractivity contribution in [1.29, 1.82) is 0 Å². The van der Waals surface area contributed by atoms with E-state index < -0.39 is 0 Å².